The van der Waals surface area contributed by atoms with E-state index in [-0.39, 0.29) is 5.69 Å². The van der Waals surface area contributed by atoms with Crippen LogP contribution in [0, 0.1) is 6.92 Å². The molecule has 8 heteroatoms. The van der Waals surface area contributed by atoms with Crippen LogP contribution in [-0.2, 0) is 18.8 Å². The van der Waals surface area contributed by atoms with E-state index in [0.717, 1.165) is 40.7 Å². The molecule has 1 fully saturated rings. The van der Waals surface area contributed by atoms with E-state index in [1.54, 1.807) is 30.3 Å². The zero-order valence-electron chi connectivity index (χ0n) is 23.0. The fraction of sp³-hybridized carbons (Fsp3) is 0.414. The lowest BCUT2D eigenvalue weighted by atomic mass is 9.93. The number of carbonyl (C=O) groups is 1. The fourth-order valence-corrected chi connectivity index (χ4v) is 4.49. The van der Waals surface area contributed by atoms with Gasteiger partial charge in [-0.25, -0.2) is 9.59 Å². The number of imidazole rings is 1. The van der Waals surface area contributed by atoms with Gasteiger partial charge in [0.25, 0.3) is 0 Å². The summed E-state index contributed by atoms with van der Waals surface area (Å²) in [5.41, 5.74) is 5.63. The smallest absolute Gasteiger partial charge is 0.412 e. The Balaban J connectivity index is 0.000000364. The number of aryl methyl sites for hydroxylation is 3. The fourth-order valence-electron chi connectivity index (χ4n) is 4.49. The van der Waals surface area contributed by atoms with Crippen LogP contribution in [0.2, 0.25) is 0 Å². The van der Waals surface area contributed by atoms with Gasteiger partial charge in [-0.15, -0.1) is 0 Å². The Morgan fingerprint density at radius 3 is 2.51 bits per heavy atom. The number of fused-ring (bicyclic) bond motifs is 1. The molecule has 1 saturated carbocycles. The van der Waals surface area contributed by atoms with Crippen LogP contribution < -0.4 is 11.0 Å². The van der Waals surface area contributed by atoms with Gasteiger partial charge >= 0.3 is 11.8 Å². The molecule has 1 N–H and O–H groups in total. The summed E-state index contributed by atoms with van der Waals surface area (Å²) in [7, 11) is 3.58. The molecule has 0 aliphatic heterocycles. The van der Waals surface area contributed by atoms with Crippen LogP contribution in [-0.4, -0.2) is 31.6 Å². The van der Waals surface area contributed by atoms with E-state index in [0.29, 0.717) is 18.5 Å². The van der Waals surface area contributed by atoms with Crippen LogP contribution in [0.15, 0.2) is 58.9 Å². The van der Waals surface area contributed by atoms with Gasteiger partial charge in [-0.3, -0.25) is 19.1 Å². The number of benzene rings is 1. The average molecular weight is 506 g/mol. The van der Waals surface area contributed by atoms with Crippen molar-refractivity contribution in [2.45, 2.75) is 59.9 Å². The summed E-state index contributed by atoms with van der Waals surface area (Å²) in [6, 6.07) is 6.26. The molecule has 1 aromatic carbocycles. The van der Waals surface area contributed by atoms with E-state index in [1.165, 1.54) is 12.0 Å². The molecule has 0 atom stereocenters. The highest BCUT2D eigenvalue weighted by Gasteiger charge is 2.25. The summed E-state index contributed by atoms with van der Waals surface area (Å²) in [5, 5.41) is 7.23. The number of amides is 1. The largest absolute Gasteiger partial charge is 0.450 e. The van der Waals surface area contributed by atoms with Crippen LogP contribution in [0.5, 0.6) is 0 Å². The zero-order chi connectivity index (χ0) is 27.1. The summed E-state index contributed by atoms with van der Waals surface area (Å²) >= 11 is 0. The minimum atomic E-state index is -0.517. The second kappa shape index (κ2) is 12.4. The Morgan fingerprint density at radius 1 is 1.19 bits per heavy atom. The third-order valence-corrected chi connectivity index (χ3v) is 6.52. The molecule has 0 bridgehead atoms. The Morgan fingerprint density at radius 2 is 1.92 bits per heavy atom. The molecule has 37 heavy (non-hydrogen) atoms. The molecule has 1 aliphatic carbocycles. The number of nitrogens with one attached hydrogen (secondary N) is 1. The average Bonchev–Trinajstić information content (AvgIpc) is 3.24. The Kier molecular flexibility index (Phi) is 9.33. The second-order valence-corrected chi connectivity index (χ2v) is 9.21. The van der Waals surface area contributed by atoms with Crippen LogP contribution >= 0.6 is 0 Å². The van der Waals surface area contributed by atoms with Gasteiger partial charge in [0.05, 0.1) is 23.3 Å². The highest BCUT2D eigenvalue weighted by Crippen LogP contribution is 2.36. The summed E-state index contributed by atoms with van der Waals surface area (Å²) in [6.45, 7) is 10.1. The number of rotatable bonds is 6. The van der Waals surface area contributed by atoms with E-state index in [2.05, 4.69) is 29.5 Å². The molecule has 8 nitrogen and oxygen atoms in total. The van der Waals surface area contributed by atoms with Gasteiger partial charge < -0.3 is 4.74 Å². The van der Waals surface area contributed by atoms with Crippen molar-refractivity contribution in [3.8, 4) is 11.1 Å². The van der Waals surface area contributed by atoms with E-state index < -0.39 is 6.09 Å². The third kappa shape index (κ3) is 6.13. The quantitative estimate of drug-likeness (QED) is 0.392. The third-order valence-electron chi connectivity index (χ3n) is 6.52. The second-order valence-electron chi connectivity index (χ2n) is 9.21. The van der Waals surface area contributed by atoms with Crippen molar-refractivity contribution in [3.63, 3.8) is 0 Å². The van der Waals surface area contributed by atoms with E-state index in [1.807, 2.05) is 61.8 Å². The molecule has 2 aromatic heterocycles. The lowest BCUT2D eigenvalue weighted by molar-refractivity contribution is 0.167. The van der Waals surface area contributed by atoms with Crippen molar-refractivity contribution in [2.24, 2.45) is 14.1 Å². The van der Waals surface area contributed by atoms with Gasteiger partial charge in [0, 0.05) is 25.7 Å². The van der Waals surface area contributed by atoms with Gasteiger partial charge in [0.2, 0.25) is 0 Å². The van der Waals surface area contributed by atoms with Crippen LogP contribution in [0.1, 0.15) is 58.7 Å². The molecule has 0 radical (unpaired) electrons. The maximum Gasteiger partial charge on any atom is 0.412 e. The molecular weight excluding hydrogens is 466 g/mol. The summed E-state index contributed by atoms with van der Waals surface area (Å²) in [6.07, 6.45) is 13.0. The van der Waals surface area contributed by atoms with Crippen molar-refractivity contribution in [1.82, 2.24) is 18.9 Å². The van der Waals surface area contributed by atoms with Gasteiger partial charge in [-0.2, -0.15) is 5.10 Å². The minimum Gasteiger partial charge on any atom is -0.450 e. The van der Waals surface area contributed by atoms with Crippen LogP contribution in [0.25, 0.3) is 22.2 Å². The first-order chi connectivity index (χ1) is 17.7. The molecule has 1 amide bonds. The predicted molar refractivity (Wildman–Crippen MR) is 151 cm³/mol. The first-order valence-corrected chi connectivity index (χ1v) is 12.8. The summed E-state index contributed by atoms with van der Waals surface area (Å²) in [5.74, 6) is 0.568. The summed E-state index contributed by atoms with van der Waals surface area (Å²) < 4.78 is 10.3. The van der Waals surface area contributed by atoms with Crippen molar-refractivity contribution >= 4 is 22.9 Å². The Labute approximate surface area is 218 Å². The SMILES string of the molecule is CCOC(=O)Nc1c(-c2ccc3c(c2)n(C)c(=O)n3C2CCC2)c(C)nn1C.C\C=C/C=C(C)\C=C\C. The topological polar surface area (TPSA) is 83.1 Å². The van der Waals surface area contributed by atoms with E-state index in [9.17, 15) is 9.59 Å². The summed E-state index contributed by atoms with van der Waals surface area (Å²) in [4.78, 5) is 24.7. The molecular formula is C29H39N5O3. The minimum absolute atomic E-state index is 0.0182. The standard InChI is InChI=1S/C20H25N5O3.C9H14/c1-5-28-19(26)21-18-17(12(2)22-24(18)4)13-9-10-15-16(11-13)23(3)20(27)25(15)14-7-6-8-14;1-4-6-8-9(3)7-5-2/h9-11,14H,5-8H2,1-4H3,(H,21,26);4-8H,1-3H3/b;6-4-,7-5+,9-8-. The van der Waals surface area contributed by atoms with E-state index >= 15 is 0 Å². The predicted octanol–water partition coefficient (Wildman–Crippen LogP) is 6.43. The van der Waals surface area contributed by atoms with Gasteiger partial charge in [-0.1, -0.05) is 42.0 Å². The molecule has 1 aliphatic rings. The maximum absolute atomic E-state index is 12.8. The molecule has 2 heterocycles. The Hall–Kier alpha value is -3.81. The molecule has 3 aromatic rings. The van der Waals surface area contributed by atoms with Crippen molar-refractivity contribution in [3.05, 3.63) is 70.3 Å². The van der Waals surface area contributed by atoms with Crippen LogP contribution in [0.3, 0.4) is 0 Å². The zero-order valence-corrected chi connectivity index (χ0v) is 23.0. The number of hydrogen-bond donors (Lipinski definition) is 1. The molecule has 0 spiro atoms. The van der Waals surface area contributed by atoms with Crippen LogP contribution in [0.4, 0.5) is 10.6 Å². The first kappa shape index (κ1) is 27.8. The molecule has 198 valence electrons. The van der Waals surface area contributed by atoms with Crippen molar-refractivity contribution < 1.29 is 9.53 Å². The number of hydrogen-bond acceptors (Lipinski definition) is 4. The number of aromatic nitrogens is 4. The Bertz CT molecular complexity index is 1400. The molecule has 4 rings (SSSR count). The number of allylic oxidation sites excluding steroid dienone is 6. The highest BCUT2D eigenvalue weighted by molar-refractivity contribution is 5.93. The monoisotopic (exact) mass is 505 g/mol. The maximum atomic E-state index is 12.8. The highest BCUT2D eigenvalue weighted by atomic mass is 16.5. The number of ether oxygens (including phenoxy) is 1. The van der Waals surface area contributed by atoms with Gasteiger partial charge in [-0.05, 0) is 71.6 Å². The lowest BCUT2D eigenvalue weighted by Crippen LogP contribution is -2.29. The lowest BCUT2D eigenvalue weighted by Gasteiger charge is -2.26. The normalized spacial score (nSPS) is 14.2. The number of anilines is 1. The van der Waals surface area contributed by atoms with Gasteiger partial charge in [0.1, 0.15) is 5.82 Å². The number of carbonyl (C=O) groups excluding carboxylic acids is 1. The van der Waals surface area contributed by atoms with E-state index in [4.69, 9.17) is 4.74 Å². The number of nitrogens with zero attached hydrogens (tertiary/aromatic N) is 4. The van der Waals surface area contributed by atoms with Crippen molar-refractivity contribution in [2.75, 3.05) is 11.9 Å². The van der Waals surface area contributed by atoms with Crippen molar-refractivity contribution in [1.29, 1.82) is 0 Å². The molecule has 0 saturated heterocycles. The molecule has 0 unspecified atom stereocenters. The first-order valence-electron chi connectivity index (χ1n) is 12.8. The van der Waals surface area contributed by atoms with Gasteiger partial charge in [0.15, 0.2) is 0 Å².